The Labute approximate surface area is 126 Å². The van der Waals surface area contributed by atoms with Gasteiger partial charge in [0.1, 0.15) is 0 Å². The number of hydrogen-bond donors (Lipinski definition) is 0. The lowest BCUT2D eigenvalue weighted by atomic mass is 9.88. The minimum atomic E-state index is 0. The Morgan fingerprint density at radius 3 is 1.52 bits per heavy atom. The highest BCUT2D eigenvalue weighted by molar-refractivity contribution is 5.11. The van der Waals surface area contributed by atoms with Crippen LogP contribution in [-0.2, 0) is 0 Å². The van der Waals surface area contributed by atoms with Crippen LogP contribution in [-0.4, -0.2) is 25.5 Å². The second-order valence-corrected chi connectivity index (χ2v) is 3.95. The van der Waals surface area contributed by atoms with Crippen LogP contribution in [0.1, 0.15) is 13.3 Å². The highest BCUT2D eigenvalue weighted by atomic mass is 20.0. The summed E-state index contributed by atoms with van der Waals surface area (Å²) in [5.74, 6) is 1.51. The second-order valence-electron chi connectivity index (χ2n) is 3.95. The van der Waals surface area contributed by atoms with Gasteiger partial charge < -0.3 is 4.90 Å². The van der Waals surface area contributed by atoms with Crippen LogP contribution in [0.4, 0.5) is 50.4 Å². The van der Waals surface area contributed by atoms with Gasteiger partial charge in [-0.2, -0.15) is 0 Å². The Kier molecular flexibility index (Phi) is 70.2. The number of hydrogen-bond acceptors (Lipinski definition) is 1. The van der Waals surface area contributed by atoms with Crippen LogP contribution < -0.4 is 0 Å². The van der Waals surface area contributed by atoms with Gasteiger partial charge in [0, 0.05) is 52.3 Å². The van der Waals surface area contributed by atoms with Crippen LogP contribution in [0.3, 0.4) is 0 Å². The Hall–Kier alpha value is -1.33. The summed E-state index contributed by atoms with van der Waals surface area (Å²) in [6.45, 7) is 3.51. The minimum absolute atomic E-state index is 0. The van der Waals surface area contributed by atoms with Crippen molar-refractivity contribution in [2.24, 2.45) is 11.8 Å². The van der Waals surface area contributed by atoms with Gasteiger partial charge in [0.05, 0.1) is 0 Å². The molecule has 0 saturated carbocycles. The molecule has 0 N–H and O–H groups in total. The summed E-state index contributed by atoms with van der Waals surface area (Å²) in [7, 11) is 4.28. The predicted octanol–water partition coefficient (Wildman–Crippen LogP) is 6.67. The monoisotopic (exact) mass is 375 g/mol. The fourth-order valence-corrected chi connectivity index (χ4v) is 1.73. The molecule has 0 aliphatic heterocycles. The summed E-state index contributed by atoms with van der Waals surface area (Å²) in [6, 6.07) is 0. The molecule has 23 heavy (non-hydrogen) atoms. The van der Waals surface area contributed by atoms with Gasteiger partial charge in [-0.3, -0.25) is 4.70 Å². The lowest BCUT2D eigenvalue weighted by Crippen LogP contribution is -2.24. The van der Waals surface area contributed by atoms with Crippen LogP contribution in [0.2, 0.25) is 0 Å². The molecule has 0 aromatic heterocycles. The Balaban J connectivity index is -0.0000000565. The lowest BCUT2D eigenvalue weighted by molar-refractivity contribution is 0.108. The van der Waals surface area contributed by atoms with Gasteiger partial charge in [0.2, 0.25) is 0 Å². The summed E-state index contributed by atoms with van der Waals surface area (Å²) in [6.07, 6.45) is 10.1. The average Bonchev–Trinajstić information content (AvgIpc) is 2.64. The van der Waals surface area contributed by atoms with E-state index in [9.17, 15) is 0 Å². The topological polar surface area (TPSA) is 3.24 Å². The summed E-state index contributed by atoms with van der Waals surface area (Å²) in [5, 5.41) is 0. The predicted molar refractivity (Wildman–Crippen MR) is 67.7 cm³/mol. The zero-order valence-electron chi connectivity index (χ0n) is 12.5. The van der Waals surface area contributed by atoms with Gasteiger partial charge in [-0.05, 0) is 32.4 Å². The fourth-order valence-electron chi connectivity index (χ4n) is 1.73. The van der Waals surface area contributed by atoms with Crippen molar-refractivity contribution in [1.29, 1.82) is 0 Å². The van der Waals surface area contributed by atoms with Gasteiger partial charge in [-0.25, -0.2) is 0 Å². The molecule has 2 unspecified atom stereocenters. The standard InChI is InChI=1S/C11H19N.5F2.FH/c1-10(9-12(2)3)11-7-5-4-6-8-11;5*1-2;/h4-7,10-11H,8-9H2,1-3H3;;;;;;1H. The molecule has 1 aliphatic carbocycles. The quantitative estimate of drug-likeness (QED) is 0.498. The summed E-state index contributed by atoms with van der Waals surface area (Å²) >= 11 is 0. The van der Waals surface area contributed by atoms with Crippen molar-refractivity contribution in [2.45, 2.75) is 13.3 Å². The molecule has 0 amide bonds. The third kappa shape index (κ3) is 33.5. The second kappa shape index (κ2) is 42.8. The largest absolute Gasteiger partial charge is 0.309 e. The summed E-state index contributed by atoms with van der Waals surface area (Å²) in [4.78, 5) is 2.26. The van der Waals surface area contributed by atoms with Gasteiger partial charge in [0.25, 0.3) is 0 Å². The molecule has 1 rings (SSSR count). The first-order valence-electron chi connectivity index (χ1n) is 5.39. The smallest absolute Gasteiger partial charge is 0.000666 e. The molecule has 0 saturated heterocycles. The van der Waals surface area contributed by atoms with E-state index in [1.165, 1.54) is 13.0 Å². The maximum absolute atomic E-state index is 8.00. The third-order valence-electron chi connectivity index (χ3n) is 2.40. The van der Waals surface area contributed by atoms with Crippen LogP contribution in [0.15, 0.2) is 24.3 Å². The Morgan fingerprint density at radius 1 is 0.870 bits per heavy atom. The Bertz CT molecular complexity index is 202. The lowest BCUT2D eigenvalue weighted by Gasteiger charge is -2.24. The molecular formula is C11H20F11N. The highest BCUT2D eigenvalue weighted by Crippen LogP contribution is 2.21. The molecule has 1 aliphatic rings. The maximum atomic E-state index is 8.00. The fraction of sp³-hybridized carbons (Fsp3) is 0.636. The van der Waals surface area contributed by atoms with E-state index in [2.05, 4.69) is 50.2 Å². The number of allylic oxidation sites excluding steroid dienone is 4. The first-order valence-corrected chi connectivity index (χ1v) is 5.39. The van der Waals surface area contributed by atoms with Crippen LogP contribution in [0.5, 0.6) is 0 Å². The van der Waals surface area contributed by atoms with Crippen LogP contribution in [0.25, 0.3) is 0 Å². The van der Waals surface area contributed by atoms with Gasteiger partial charge >= 0.3 is 0 Å². The number of nitrogens with zero attached hydrogens (tertiary/aromatic N) is 1. The third-order valence-corrected chi connectivity index (χ3v) is 2.40. The Morgan fingerprint density at radius 2 is 1.26 bits per heavy atom. The van der Waals surface area contributed by atoms with Gasteiger partial charge in [-0.15, -0.1) is 0 Å². The molecule has 146 valence electrons. The van der Waals surface area contributed by atoms with Crippen molar-refractivity contribution in [3.05, 3.63) is 24.3 Å². The first-order chi connectivity index (χ1) is 10.7. The number of rotatable bonds is 3. The molecule has 2 atom stereocenters. The first kappa shape index (κ1) is 37.7. The normalized spacial score (nSPS) is 14.3. The van der Waals surface area contributed by atoms with Crippen molar-refractivity contribution in [1.82, 2.24) is 4.90 Å². The molecule has 0 bridgehead atoms. The van der Waals surface area contributed by atoms with E-state index in [1.807, 2.05) is 0 Å². The highest BCUT2D eigenvalue weighted by Gasteiger charge is 2.14. The molecule has 0 spiro atoms. The average molecular weight is 375 g/mol. The summed E-state index contributed by atoms with van der Waals surface area (Å²) < 4.78 is 80.0. The van der Waals surface area contributed by atoms with Gasteiger partial charge in [-0.1, -0.05) is 31.2 Å². The van der Waals surface area contributed by atoms with E-state index in [1.54, 1.807) is 0 Å². The number of halogens is 11. The summed E-state index contributed by atoms with van der Waals surface area (Å²) in [5.41, 5.74) is 0. The minimum Gasteiger partial charge on any atom is -0.309 e. The van der Waals surface area contributed by atoms with E-state index in [-0.39, 0.29) is 4.70 Å². The van der Waals surface area contributed by atoms with E-state index < -0.39 is 0 Å². The van der Waals surface area contributed by atoms with Crippen molar-refractivity contribution < 1.29 is 50.4 Å². The van der Waals surface area contributed by atoms with E-state index in [4.69, 9.17) is 45.7 Å². The molecule has 12 heteroatoms. The van der Waals surface area contributed by atoms with Crippen molar-refractivity contribution in [2.75, 3.05) is 20.6 Å². The van der Waals surface area contributed by atoms with Crippen molar-refractivity contribution in [3.8, 4) is 0 Å². The van der Waals surface area contributed by atoms with Crippen LogP contribution >= 0.6 is 0 Å². The van der Waals surface area contributed by atoms with E-state index in [0.717, 1.165) is 11.8 Å². The maximum Gasteiger partial charge on any atom is 0.000666 e. The zero-order valence-corrected chi connectivity index (χ0v) is 12.5. The van der Waals surface area contributed by atoms with E-state index >= 15 is 0 Å². The molecule has 1 nitrogen and oxygen atoms in total. The van der Waals surface area contributed by atoms with Crippen molar-refractivity contribution in [3.63, 3.8) is 0 Å². The molecule has 0 aromatic carbocycles. The van der Waals surface area contributed by atoms with Crippen LogP contribution in [0, 0.1) is 11.8 Å². The zero-order chi connectivity index (χ0) is 19.0. The SMILES string of the molecule is CC(CN(C)C)C1C=CC=CC1.F.FF.FF.FF.FF.FF. The molecule has 0 heterocycles. The molecule has 0 aromatic rings. The van der Waals surface area contributed by atoms with E-state index in [0.29, 0.717) is 0 Å². The molecule has 0 radical (unpaired) electrons. The van der Waals surface area contributed by atoms with Gasteiger partial charge in [0.15, 0.2) is 0 Å². The van der Waals surface area contributed by atoms with Crippen molar-refractivity contribution >= 4 is 0 Å². The molecular weight excluding hydrogens is 355 g/mol. The molecule has 0 fully saturated rings.